The number of aliphatic hydroxyl groups excluding tert-OH is 1. The summed E-state index contributed by atoms with van der Waals surface area (Å²) >= 11 is 0. The first-order chi connectivity index (χ1) is 15.7. The zero-order valence-corrected chi connectivity index (χ0v) is 17.3. The van der Waals surface area contributed by atoms with E-state index in [0.29, 0.717) is 43.3 Å². The Morgan fingerprint density at radius 3 is 2.75 bits per heavy atom. The van der Waals surface area contributed by atoms with Crippen molar-refractivity contribution in [3.05, 3.63) is 65.9 Å². The summed E-state index contributed by atoms with van der Waals surface area (Å²) in [4.78, 5) is 14.4. The molecule has 2 aromatic carbocycles. The van der Waals surface area contributed by atoms with Crippen LogP contribution >= 0.6 is 0 Å². The summed E-state index contributed by atoms with van der Waals surface area (Å²) in [7, 11) is 0. The molecule has 162 valence electrons. The van der Waals surface area contributed by atoms with Crippen molar-refractivity contribution in [3.8, 4) is 17.1 Å². The first-order valence-electron chi connectivity index (χ1n) is 10.4. The third-order valence-corrected chi connectivity index (χ3v) is 5.42. The molecule has 32 heavy (non-hydrogen) atoms. The summed E-state index contributed by atoms with van der Waals surface area (Å²) < 4.78 is 6.98. The van der Waals surface area contributed by atoms with Gasteiger partial charge in [-0.05, 0) is 42.0 Å². The van der Waals surface area contributed by atoms with Gasteiger partial charge in [0.2, 0.25) is 0 Å². The number of H-pyrrole nitrogens is 1. The van der Waals surface area contributed by atoms with E-state index in [4.69, 9.17) is 9.84 Å². The number of aliphatic hydroxyl groups is 1. The molecule has 5 rings (SSSR count). The number of fused-ring (bicyclic) bond motifs is 1. The number of hydrogen-bond donors (Lipinski definition) is 2. The number of benzene rings is 2. The molecule has 9 heteroatoms. The van der Waals surface area contributed by atoms with E-state index in [1.54, 1.807) is 27.8 Å². The second-order valence-corrected chi connectivity index (χ2v) is 7.46. The minimum absolute atomic E-state index is 0.00226. The van der Waals surface area contributed by atoms with Crippen LogP contribution in [0.15, 0.2) is 54.7 Å². The maximum atomic E-state index is 12.6. The van der Waals surface area contributed by atoms with Crippen molar-refractivity contribution in [3.63, 3.8) is 0 Å². The van der Waals surface area contributed by atoms with Gasteiger partial charge in [0, 0.05) is 24.0 Å². The number of nitrogens with zero attached hydrogens (tertiary/aromatic N) is 5. The van der Waals surface area contributed by atoms with Gasteiger partial charge in [-0.15, -0.1) is 5.10 Å². The molecule has 0 atom stereocenters. The molecule has 1 fully saturated rings. The van der Waals surface area contributed by atoms with E-state index < -0.39 is 0 Å². The first kappa shape index (κ1) is 20.1. The number of aromatic nitrogens is 5. The van der Waals surface area contributed by atoms with Gasteiger partial charge in [-0.1, -0.05) is 23.4 Å². The molecule has 1 amide bonds. The zero-order valence-electron chi connectivity index (χ0n) is 17.3. The summed E-state index contributed by atoms with van der Waals surface area (Å²) in [6, 6.07) is 13.2. The monoisotopic (exact) mass is 430 g/mol. The minimum Gasteiger partial charge on any atom is -0.392 e. The summed E-state index contributed by atoms with van der Waals surface area (Å²) in [5, 5.41) is 25.8. The van der Waals surface area contributed by atoms with Crippen molar-refractivity contribution < 1.29 is 14.6 Å². The number of nitrogens with one attached hydrogen (secondary N) is 1. The summed E-state index contributed by atoms with van der Waals surface area (Å²) in [5.41, 5.74) is 4.64. The largest absolute Gasteiger partial charge is 0.392 e. The van der Waals surface area contributed by atoms with Crippen LogP contribution in [-0.4, -0.2) is 74.0 Å². The van der Waals surface area contributed by atoms with Gasteiger partial charge in [-0.3, -0.25) is 9.89 Å². The highest BCUT2D eigenvalue weighted by Crippen LogP contribution is 2.26. The number of ether oxygens (including phenoxy) is 1. The van der Waals surface area contributed by atoms with E-state index in [9.17, 15) is 4.79 Å². The van der Waals surface area contributed by atoms with Gasteiger partial charge >= 0.3 is 0 Å². The molecule has 2 aromatic heterocycles. The molecule has 1 saturated heterocycles. The fraction of sp³-hybridized carbons (Fsp3) is 0.217. The van der Waals surface area contributed by atoms with Gasteiger partial charge in [-0.25, -0.2) is 4.68 Å². The van der Waals surface area contributed by atoms with E-state index >= 15 is 0 Å². The lowest BCUT2D eigenvalue weighted by atomic mass is 10.1. The number of rotatable bonds is 5. The first-order valence-corrected chi connectivity index (χ1v) is 10.4. The standard InChI is InChI=1S/C23H22N6O3/c30-11-1-2-16-3-8-19-20(14-16)24-26-22(19)21-15-29(27-25-21)18-6-4-17(5-7-18)23(31)28-9-12-32-13-10-28/h1-8,14-15,30H,9-13H2,(H,24,26)/b2-1+. The van der Waals surface area contributed by atoms with Crippen LogP contribution < -0.4 is 0 Å². The molecule has 0 unspecified atom stereocenters. The second kappa shape index (κ2) is 8.74. The van der Waals surface area contributed by atoms with Crippen LogP contribution in [0.4, 0.5) is 0 Å². The average Bonchev–Trinajstić information content (AvgIpc) is 3.50. The molecule has 0 aliphatic carbocycles. The van der Waals surface area contributed by atoms with E-state index in [1.165, 1.54) is 0 Å². The molecule has 0 saturated carbocycles. The Kier molecular flexibility index (Phi) is 5.49. The fourth-order valence-electron chi connectivity index (χ4n) is 3.73. The lowest BCUT2D eigenvalue weighted by molar-refractivity contribution is 0.0303. The molecule has 9 nitrogen and oxygen atoms in total. The summed E-state index contributed by atoms with van der Waals surface area (Å²) in [6.07, 6.45) is 5.35. The van der Waals surface area contributed by atoms with E-state index in [-0.39, 0.29) is 12.5 Å². The zero-order chi connectivity index (χ0) is 21.9. The SMILES string of the molecule is O=C(c1ccc(-n2cc(-c3n[nH]c4cc(/C=C/CO)ccc34)nn2)cc1)N1CCOCC1. The Bertz CT molecular complexity index is 1270. The highest BCUT2D eigenvalue weighted by molar-refractivity contribution is 5.94. The van der Waals surface area contributed by atoms with Crippen molar-refractivity contribution in [1.29, 1.82) is 0 Å². The number of carbonyl (C=O) groups excluding carboxylic acids is 1. The maximum Gasteiger partial charge on any atom is 0.254 e. The van der Waals surface area contributed by atoms with Crippen molar-refractivity contribution in [2.75, 3.05) is 32.9 Å². The minimum atomic E-state index is -0.00226. The molecule has 2 N–H and O–H groups in total. The Balaban J connectivity index is 1.36. The van der Waals surface area contributed by atoms with Crippen molar-refractivity contribution in [2.24, 2.45) is 0 Å². The quantitative estimate of drug-likeness (QED) is 0.503. The molecular formula is C23H22N6O3. The van der Waals surface area contributed by atoms with Crippen molar-refractivity contribution >= 4 is 22.9 Å². The molecule has 3 heterocycles. The van der Waals surface area contributed by atoms with Crippen LogP contribution in [0.2, 0.25) is 0 Å². The summed E-state index contributed by atoms with van der Waals surface area (Å²) in [6.45, 7) is 2.38. The maximum absolute atomic E-state index is 12.6. The van der Waals surface area contributed by atoms with Crippen LogP contribution in [0.5, 0.6) is 0 Å². The number of amides is 1. The van der Waals surface area contributed by atoms with Gasteiger partial charge in [0.1, 0.15) is 11.4 Å². The van der Waals surface area contributed by atoms with Crippen LogP contribution in [0.1, 0.15) is 15.9 Å². The number of aromatic amines is 1. The molecule has 0 radical (unpaired) electrons. The fourth-order valence-corrected chi connectivity index (χ4v) is 3.73. The number of morpholine rings is 1. The van der Waals surface area contributed by atoms with Gasteiger partial charge in [0.15, 0.2) is 0 Å². The molecule has 1 aliphatic rings. The van der Waals surface area contributed by atoms with Crippen molar-refractivity contribution in [1.82, 2.24) is 30.1 Å². The summed E-state index contributed by atoms with van der Waals surface area (Å²) in [5.74, 6) is 0.00956. The molecule has 1 aliphatic heterocycles. The molecular weight excluding hydrogens is 408 g/mol. The van der Waals surface area contributed by atoms with Crippen molar-refractivity contribution in [2.45, 2.75) is 0 Å². The van der Waals surface area contributed by atoms with E-state index in [0.717, 1.165) is 22.2 Å². The van der Waals surface area contributed by atoms with Gasteiger partial charge < -0.3 is 14.7 Å². The Hall–Kier alpha value is -3.82. The third kappa shape index (κ3) is 3.91. The highest BCUT2D eigenvalue weighted by atomic mass is 16.5. The Morgan fingerprint density at radius 2 is 1.97 bits per heavy atom. The van der Waals surface area contributed by atoms with Gasteiger partial charge in [0.25, 0.3) is 5.91 Å². The number of carbonyl (C=O) groups is 1. The lowest BCUT2D eigenvalue weighted by Gasteiger charge is -2.26. The van der Waals surface area contributed by atoms with Gasteiger partial charge in [0.05, 0.1) is 37.2 Å². The van der Waals surface area contributed by atoms with Gasteiger partial charge in [-0.2, -0.15) is 5.10 Å². The average molecular weight is 430 g/mol. The van der Waals surface area contributed by atoms with Crippen LogP contribution in [0.25, 0.3) is 34.1 Å². The predicted octanol–water partition coefficient (Wildman–Crippen LogP) is 2.29. The van der Waals surface area contributed by atoms with Crippen LogP contribution in [0.3, 0.4) is 0 Å². The van der Waals surface area contributed by atoms with Crippen LogP contribution in [-0.2, 0) is 4.74 Å². The molecule has 0 bridgehead atoms. The number of hydrogen-bond acceptors (Lipinski definition) is 6. The lowest BCUT2D eigenvalue weighted by Crippen LogP contribution is -2.40. The van der Waals surface area contributed by atoms with E-state index in [2.05, 4.69) is 20.5 Å². The molecule has 0 spiro atoms. The highest BCUT2D eigenvalue weighted by Gasteiger charge is 2.18. The molecule has 4 aromatic rings. The Labute approximate surface area is 183 Å². The Morgan fingerprint density at radius 1 is 1.16 bits per heavy atom. The third-order valence-electron chi connectivity index (χ3n) is 5.42. The topological polar surface area (TPSA) is 109 Å². The van der Waals surface area contributed by atoms with Crippen LogP contribution in [0, 0.1) is 0 Å². The second-order valence-electron chi connectivity index (χ2n) is 7.46. The predicted molar refractivity (Wildman–Crippen MR) is 119 cm³/mol. The normalized spacial score (nSPS) is 14.5. The van der Waals surface area contributed by atoms with E-state index in [1.807, 2.05) is 42.6 Å². The smallest absolute Gasteiger partial charge is 0.254 e.